The SMILES string of the molecule is FC(F)(F)N1CCNCC1c1ccccc1. The predicted molar refractivity (Wildman–Crippen MR) is 54.8 cm³/mol. The third kappa shape index (κ3) is 2.36. The van der Waals surface area contributed by atoms with Crippen molar-refractivity contribution in [1.29, 1.82) is 0 Å². The minimum absolute atomic E-state index is 0.00304. The lowest BCUT2D eigenvalue weighted by atomic mass is 10.0. The summed E-state index contributed by atoms with van der Waals surface area (Å²) in [6, 6.07) is 8.18. The van der Waals surface area contributed by atoms with Crippen LogP contribution in [0, 0.1) is 0 Å². The molecule has 0 spiro atoms. The molecule has 2 nitrogen and oxygen atoms in total. The zero-order valence-corrected chi connectivity index (χ0v) is 8.67. The number of alkyl halides is 3. The monoisotopic (exact) mass is 230 g/mol. The van der Waals surface area contributed by atoms with Crippen LogP contribution in [0.1, 0.15) is 11.6 Å². The van der Waals surface area contributed by atoms with Gasteiger partial charge in [0.05, 0.1) is 6.04 Å². The lowest BCUT2D eigenvalue weighted by molar-refractivity contribution is -0.262. The summed E-state index contributed by atoms with van der Waals surface area (Å²) in [5.74, 6) is 0. The van der Waals surface area contributed by atoms with Crippen LogP contribution in [0.25, 0.3) is 0 Å². The van der Waals surface area contributed by atoms with Gasteiger partial charge in [-0.3, -0.25) is 0 Å². The molecule has 0 radical (unpaired) electrons. The number of rotatable bonds is 1. The van der Waals surface area contributed by atoms with E-state index in [0.717, 1.165) is 0 Å². The Labute approximate surface area is 92.1 Å². The van der Waals surface area contributed by atoms with Crippen LogP contribution >= 0.6 is 0 Å². The standard InChI is InChI=1S/C11H13F3N2/c12-11(13,14)16-7-6-15-8-10(16)9-4-2-1-3-5-9/h1-5,10,15H,6-8H2. The molecule has 1 heterocycles. The van der Waals surface area contributed by atoms with Gasteiger partial charge in [0.15, 0.2) is 0 Å². The third-order valence-electron chi connectivity index (χ3n) is 2.75. The number of nitrogens with zero attached hydrogens (tertiary/aromatic N) is 1. The molecule has 1 aromatic carbocycles. The molecule has 0 saturated carbocycles. The van der Waals surface area contributed by atoms with Gasteiger partial charge in [-0.15, -0.1) is 0 Å². The van der Waals surface area contributed by atoms with Crippen LogP contribution in [-0.4, -0.2) is 30.8 Å². The Kier molecular flexibility index (Phi) is 3.16. The normalized spacial score (nSPS) is 23.3. The second-order valence-corrected chi connectivity index (χ2v) is 3.79. The fourth-order valence-corrected chi connectivity index (χ4v) is 1.98. The first-order valence-corrected chi connectivity index (χ1v) is 5.18. The quantitative estimate of drug-likeness (QED) is 0.744. The number of piperazine rings is 1. The highest BCUT2D eigenvalue weighted by Crippen LogP contribution is 2.32. The van der Waals surface area contributed by atoms with Crippen molar-refractivity contribution >= 4 is 0 Å². The Morgan fingerprint density at radius 3 is 2.50 bits per heavy atom. The average molecular weight is 230 g/mol. The molecule has 0 amide bonds. The van der Waals surface area contributed by atoms with E-state index < -0.39 is 12.3 Å². The van der Waals surface area contributed by atoms with Crippen LogP contribution in [0.5, 0.6) is 0 Å². The highest BCUT2D eigenvalue weighted by molar-refractivity contribution is 5.20. The number of halogens is 3. The summed E-state index contributed by atoms with van der Waals surface area (Å²) in [6.07, 6.45) is -4.26. The largest absolute Gasteiger partial charge is 0.460 e. The van der Waals surface area contributed by atoms with Crippen molar-refractivity contribution < 1.29 is 13.2 Å². The zero-order chi connectivity index (χ0) is 11.6. The maximum atomic E-state index is 12.8. The minimum Gasteiger partial charge on any atom is -0.314 e. The van der Waals surface area contributed by atoms with Crippen molar-refractivity contribution in [3.63, 3.8) is 0 Å². The van der Waals surface area contributed by atoms with E-state index in [1.54, 1.807) is 30.3 Å². The minimum atomic E-state index is -4.26. The van der Waals surface area contributed by atoms with Gasteiger partial charge < -0.3 is 5.32 Å². The molecule has 5 heteroatoms. The maximum Gasteiger partial charge on any atom is 0.460 e. The third-order valence-corrected chi connectivity index (χ3v) is 2.75. The Morgan fingerprint density at radius 1 is 1.19 bits per heavy atom. The summed E-state index contributed by atoms with van der Waals surface area (Å²) in [4.78, 5) is 0.596. The molecule has 1 N–H and O–H groups in total. The van der Waals surface area contributed by atoms with E-state index in [0.29, 0.717) is 23.6 Å². The fourth-order valence-electron chi connectivity index (χ4n) is 1.98. The van der Waals surface area contributed by atoms with Crippen LogP contribution in [0.4, 0.5) is 13.2 Å². The molecule has 1 aliphatic heterocycles. The lowest BCUT2D eigenvalue weighted by Crippen LogP contribution is -2.52. The summed E-state index contributed by atoms with van der Waals surface area (Å²) in [5.41, 5.74) is 0.701. The van der Waals surface area contributed by atoms with Gasteiger partial charge in [-0.05, 0) is 5.56 Å². The first-order valence-electron chi connectivity index (χ1n) is 5.18. The van der Waals surface area contributed by atoms with Crippen molar-refractivity contribution in [2.24, 2.45) is 0 Å². The molecule has 0 aromatic heterocycles. The second-order valence-electron chi connectivity index (χ2n) is 3.79. The van der Waals surface area contributed by atoms with Crippen LogP contribution in [0.3, 0.4) is 0 Å². The number of hydrogen-bond donors (Lipinski definition) is 1. The first kappa shape index (κ1) is 11.4. The molecule has 2 rings (SSSR count). The molecule has 1 aliphatic rings. The van der Waals surface area contributed by atoms with E-state index >= 15 is 0 Å². The van der Waals surface area contributed by atoms with Crippen molar-refractivity contribution in [2.75, 3.05) is 19.6 Å². The van der Waals surface area contributed by atoms with Crippen molar-refractivity contribution in [2.45, 2.75) is 12.3 Å². The summed E-state index contributed by atoms with van der Waals surface area (Å²) in [6.45, 7) is 0.718. The predicted octanol–water partition coefficient (Wildman–Crippen LogP) is 2.15. The van der Waals surface area contributed by atoms with E-state index in [-0.39, 0.29) is 6.54 Å². The molecule has 1 fully saturated rings. The number of benzene rings is 1. The molecule has 16 heavy (non-hydrogen) atoms. The Balaban J connectivity index is 2.24. The second kappa shape index (κ2) is 4.43. The van der Waals surface area contributed by atoms with Crippen molar-refractivity contribution in [3.05, 3.63) is 35.9 Å². The average Bonchev–Trinajstić information content (AvgIpc) is 2.29. The van der Waals surface area contributed by atoms with Crippen LogP contribution in [-0.2, 0) is 0 Å². The van der Waals surface area contributed by atoms with E-state index in [1.807, 2.05) is 0 Å². The molecule has 1 unspecified atom stereocenters. The van der Waals surface area contributed by atoms with Crippen LogP contribution < -0.4 is 5.32 Å². The topological polar surface area (TPSA) is 15.3 Å². The van der Waals surface area contributed by atoms with Gasteiger partial charge in [-0.2, -0.15) is 13.2 Å². The van der Waals surface area contributed by atoms with E-state index in [1.165, 1.54) is 0 Å². The van der Waals surface area contributed by atoms with Gasteiger partial charge >= 0.3 is 6.30 Å². The van der Waals surface area contributed by atoms with Gasteiger partial charge in [0.2, 0.25) is 0 Å². The highest BCUT2D eigenvalue weighted by atomic mass is 19.4. The van der Waals surface area contributed by atoms with Gasteiger partial charge in [-0.1, -0.05) is 30.3 Å². The molecule has 0 bridgehead atoms. The summed E-state index contributed by atoms with van der Waals surface area (Å²) < 4.78 is 38.3. The molecule has 1 saturated heterocycles. The summed E-state index contributed by atoms with van der Waals surface area (Å²) >= 11 is 0. The number of nitrogens with one attached hydrogen (secondary N) is 1. The first-order chi connectivity index (χ1) is 7.59. The lowest BCUT2D eigenvalue weighted by Gasteiger charge is -2.37. The van der Waals surface area contributed by atoms with E-state index in [4.69, 9.17) is 0 Å². The maximum absolute atomic E-state index is 12.8. The summed E-state index contributed by atoms with van der Waals surface area (Å²) in [5, 5.41) is 2.99. The van der Waals surface area contributed by atoms with Crippen molar-refractivity contribution in [3.8, 4) is 0 Å². The Hall–Kier alpha value is -1.07. The van der Waals surface area contributed by atoms with Gasteiger partial charge in [0, 0.05) is 19.6 Å². The van der Waals surface area contributed by atoms with Crippen LogP contribution in [0.15, 0.2) is 30.3 Å². The Bertz CT molecular complexity index is 337. The van der Waals surface area contributed by atoms with E-state index in [9.17, 15) is 13.2 Å². The highest BCUT2D eigenvalue weighted by Gasteiger charge is 2.43. The fraction of sp³-hybridized carbons (Fsp3) is 0.455. The molecular formula is C11H13F3N2. The van der Waals surface area contributed by atoms with Crippen molar-refractivity contribution in [1.82, 2.24) is 10.2 Å². The molecule has 1 aromatic rings. The zero-order valence-electron chi connectivity index (χ0n) is 8.67. The van der Waals surface area contributed by atoms with Gasteiger partial charge in [-0.25, -0.2) is 4.90 Å². The summed E-state index contributed by atoms with van der Waals surface area (Å²) in [7, 11) is 0. The smallest absolute Gasteiger partial charge is 0.314 e. The molecule has 88 valence electrons. The number of hydrogen-bond acceptors (Lipinski definition) is 2. The molecule has 0 aliphatic carbocycles. The molecular weight excluding hydrogens is 217 g/mol. The Morgan fingerprint density at radius 2 is 1.88 bits per heavy atom. The van der Waals surface area contributed by atoms with Gasteiger partial charge in [0.25, 0.3) is 0 Å². The molecule has 1 atom stereocenters. The van der Waals surface area contributed by atoms with Crippen LogP contribution in [0.2, 0.25) is 0 Å². The van der Waals surface area contributed by atoms with E-state index in [2.05, 4.69) is 5.32 Å². The van der Waals surface area contributed by atoms with Gasteiger partial charge in [0.1, 0.15) is 0 Å².